The topological polar surface area (TPSA) is 84.3 Å². The summed E-state index contributed by atoms with van der Waals surface area (Å²) in [5.74, 6) is -0.0567. The van der Waals surface area contributed by atoms with Crippen molar-refractivity contribution in [3.8, 4) is 0 Å². The van der Waals surface area contributed by atoms with Gasteiger partial charge in [0.2, 0.25) is 0 Å². The first kappa shape index (κ1) is 20.0. The van der Waals surface area contributed by atoms with Gasteiger partial charge in [0.25, 0.3) is 5.69 Å². The maximum atomic E-state index is 13.5. The molecule has 0 aromatic heterocycles. The Morgan fingerprint density at radius 3 is 2.41 bits per heavy atom. The number of nitrogens with one attached hydrogen (secondary N) is 2. The summed E-state index contributed by atoms with van der Waals surface area (Å²) >= 11 is 0. The number of Topliss-reactive ketones (excluding diaryl/α,β-unsaturated/α-hetero) is 1. The molecule has 2 N–H and O–H groups in total. The molecule has 160 valence electrons. The van der Waals surface area contributed by atoms with Crippen LogP contribution in [0.3, 0.4) is 0 Å². The van der Waals surface area contributed by atoms with Gasteiger partial charge in [-0.2, -0.15) is 0 Å². The van der Waals surface area contributed by atoms with Crippen LogP contribution in [0.2, 0.25) is 0 Å². The molecule has 0 spiro atoms. The molecule has 1 heterocycles. The summed E-state index contributed by atoms with van der Waals surface area (Å²) in [6.45, 7) is 2.04. The van der Waals surface area contributed by atoms with Crippen LogP contribution < -0.4 is 10.6 Å². The Morgan fingerprint density at radius 1 is 0.906 bits per heavy atom. The van der Waals surface area contributed by atoms with Crippen LogP contribution in [0.1, 0.15) is 41.5 Å². The van der Waals surface area contributed by atoms with Crippen LogP contribution in [0.15, 0.2) is 84.1 Å². The number of para-hydroxylation sites is 2. The van der Waals surface area contributed by atoms with Crippen LogP contribution in [-0.4, -0.2) is 10.7 Å². The number of hydrogen-bond acceptors (Lipinski definition) is 5. The highest BCUT2D eigenvalue weighted by Crippen LogP contribution is 2.44. The molecule has 1 aliphatic carbocycles. The summed E-state index contributed by atoms with van der Waals surface area (Å²) in [6.07, 6.45) is 0.933. The second-order valence-electron chi connectivity index (χ2n) is 8.43. The van der Waals surface area contributed by atoms with Crippen LogP contribution in [-0.2, 0) is 4.79 Å². The average Bonchev–Trinajstić information content (AvgIpc) is 2.96. The Balaban J connectivity index is 1.59. The summed E-state index contributed by atoms with van der Waals surface area (Å²) in [7, 11) is 0. The molecule has 2 aliphatic rings. The minimum absolute atomic E-state index is 0.0492. The van der Waals surface area contributed by atoms with Crippen molar-refractivity contribution in [2.24, 2.45) is 0 Å². The van der Waals surface area contributed by atoms with Crippen molar-refractivity contribution in [3.63, 3.8) is 0 Å². The third-order valence-electron chi connectivity index (χ3n) is 6.27. The van der Waals surface area contributed by atoms with Crippen molar-refractivity contribution < 1.29 is 9.72 Å². The van der Waals surface area contributed by atoms with Crippen LogP contribution in [0.4, 0.5) is 17.1 Å². The molecule has 0 unspecified atom stereocenters. The fraction of sp³-hybridized carbons (Fsp3) is 0.192. The van der Waals surface area contributed by atoms with E-state index >= 15 is 0 Å². The molecule has 1 aliphatic heterocycles. The van der Waals surface area contributed by atoms with Crippen molar-refractivity contribution in [2.45, 2.75) is 31.7 Å². The van der Waals surface area contributed by atoms with Crippen molar-refractivity contribution >= 4 is 22.8 Å². The number of nitro groups is 1. The van der Waals surface area contributed by atoms with Gasteiger partial charge in [-0.25, -0.2) is 0 Å². The first-order chi connectivity index (χ1) is 15.5. The number of anilines is 2. The van der Waals surface area contributed by atoms with E-state index in [0.29, 0.717) is 12.8 Å². The van der Waals surface area contributed by atoms with Crippen LogP contribution in [0.25, 0.3) is 0 Å². The van der Waals surface area contributed by atoms with Crippen molar-refractivity contribution in [3.05, 3.63) is 111 Å². The van der Waals surface area contributed by atoms with Gasteiger partial charge in [0.05, 0.1) is 22.3 Å². The Bertz CT molecular complexity index is 1250. The zero-order chi connectivity index (χ0) is 22.2. The smallest absolute Gasteiger partial charge is 0.269 e. The van der Waals surface area contributed by atoms with E-state index in [4.69, 9.17) is 0 Å². The first-order valence-electron chi connectivity index (χ1n) is 10.7. The standard InChI is InChI=1S/C26H23N3O3/c1-16-9-11-17(12-10-16)26-25-23(27-21-7-2-3-8-22(21)28-26)14-19(15-24(25)30)18-5-4-6-20(13-18)29(31)32/h2-13,19,26-28H,14-15H2,1H3/t19-,26+/m0/s1. The second kappa shape index (κ2) is 7.96. The van der Waals surface area contributed by atoms with E-state index in [9.17, 15) is 14.9 Å². The molecule has 0 saturated carbocycles. The number of rotatable bonds is 3. The van der Waals surface area contributed by atoms with E-state index in [1.807, 2.05) is 37.3 Å². The molecule has 6 nitrogen and oxygen atoms in total. The molecule has 0 amide bonds. The lowest BCUT2D eigenvalue weighted by molar-refractivity contribution is -0.384. The number of carbonyl (C=O) groups excluding carboxylic acids is 1. The zero-order valence-electron chi connectivity index (χ0n) is 17.7. The minimum atomic E-state index is -0.393. The van der Waals surface area contributed by atoms with Gasteiger partial charge in [-0.15, -0.1) is 0 Å². The molecular formula is C26H23N3O3. The zero-order valence-corrected chi connectivity index (χ0v) is 17.7. The van der Waals surface area contributed by atoms with Gasteiger partial charge in [-0.3, -0.25) is 14.9 Å². The van der Waals surface area contributed by atoms with Gasteiger partial charge in [-0.1, -0.05) is 54.1 Å². The molecule has 32 heavy (non-hydrogen) atoms. The molecular weight excluding hydrogens is 402 g/mol. The van der Waals surface area contributed by atoms with E-state index in [-0.39, 0.29) is 23.4 Å². The van der Waals surface area contributed by atoms with Crippen molar-refractivity contribution in [1.82, 2.24) is 0 Å². The fourth-order valence-corrected chi connectivity index (χ4v) is 4.63. The third kappa shape index (κ3) is 3.64. The van der Waals surface area contributed by atoms with Crippen LogP contribution in [0, 0.1) is 17.0 Å². The van der Waals surface area contributed by atoms with Crippen LogP contribution >= 0.6 is 0 Å². The number of ketones is 1. The van der Waals surface area contributed by atoms with Crippen molar-refractivity contribution in [1.29, 1.82) is 0 Å². The summed E-state index contributed by atoms with van der Waals surface area (Å²) in [6, 6.07) is 22.5. The number of fused-ring (bicyclic) bond motifs is 1. The van der Waals surface area contributed by atoms with E-state index in [2.05, 4.69) is 34.9 Å². The number of nitrogens with zero attached hydrogens (tertiary/aromatic N) is 1. The number of nitro benzene ring substituents is 1. The number of benzene rings is 3. The van der Waals surface area contributed by atoms with Gasteiger partial charge in [0.15, 0.2) is 5.78 Å². The van der Waals surface area contributed by atoms with Gasteiger partial charge < -0.3 is 10.6 Å². The molecule has 0 bridgehead atoms. The van der Waals surface area contributed by atoms with Gasteiger partial charge in [-0.05, 0) is 42.5 Å². The molecule has 6 heteroatoms. The lowest BCUT2D eigenvalue weighted by atomic mass is 9.78. The average molecular weight is 425 g/mol. The highest BCUT2D eigenvalue weighted by Gasteiger charge is 2.36. The molecule has 5 rings (SSSR count). The predicted molar refractivity (Wildman–Crippen MR) is 125 cm³/mol. The number of carbonyl (C=O) groups is 1. The Kier molecular flexibility index (Phi) is 4.98. The second-order valence-corrected chi connectivity index (χ2v) is 8.43. The lowest BCUT2D eigenvalue weighted by Crippen LogP contribution is -2.26. The summed E-state index contributed by atoms with van der Waals surface area (Å²) < 4.78 is 0. The van der Waals surface area contributed by atoms with E-state index in [0.717, 1.165) is 39.3 Å². The van der Waals surface area contributed by atoms with Gasteiger partial charge in [0.1, 0.15) is 0 Å². The van der Waals surface area contributed by atoms with Crippen LogP contribution in [0.5, 0.6) is 0 Å². The normalized spacial score (nSPS) is 19.8. The SMILES string of the molecule is Cc1ccc([C@H]2Nc3ccccc3NC3=C2C(=O)C[C@@H](c2cccc([N+](=O)[O-])c2)C3)cc1. The Morgan fingerprint density at radius 2 is 1.66 bits per heavy atom. The number of hydrogen-bond donors (Lipinski definition) is 2. The minimum Gasteiger partial charge on any atom is -0.372 e. The van der Waals surface area contributed by atoms with Gasteiger partial charge >= 0.3 is 0 Å². The summed E-state index contributed by atoms with van der Waals surface area (Å²) in [5, 5.41) is 18.3. The first-order valence-corrected chi connectivity index (χ1v) is 10.7. The maximum Gasteiger partial charge on any atom is 0.269 e. The highest BCUT2D eigenvalue weighted by molar-refractivity contribution is 6.01. The molecule has 0 fully saturated rings. The molecule has 0 radical (unpaired) electrons. The van der Waals surface area contributed by atoms with E-state index in [1.165, 1.54) is 6.07 Å². The molecule has 3 aromatic rings. The van der Waals surface area contributed by atoms with E-state index < -0.39 is 4.92 Å². The predicted octanol–water partition coefficient (Wildman–Crippen LogP) is 5.88. The molecule has 3 aromatic carbocycles. The number of non-ortho nitro benzene ring substituents is 1. The summed E-state index contributed by atoms with van der Waals surface area (Å²) in [4.78, 5) is 24.4. The van der Waals surface area contributed by atoms with Crippen molar-refractivity contribution in [2.75, 3.05) is 10.6 Å². The fourth-order valence-electron chi connectivity index (χ4n) is 4.63. The Labute approximate surface area is 186 Å². The molecule has 0 saturated heterocycles. The lowest BCUT2D eigenvalue weighted by Gasteiger charge is -2.30. The largest absolute Gasteiger partial charge is 0.372 e. The number of allylic oxidation sites excluding steroid dienone is 1. The van der Waals surface area contributed by atoms with E-state index in [1.54, 1.807) is 12.1 Å². The quantitative estimate of drug-likeness (QED) is 0.404. The Hall–Kier alpha value is -3.93. The van der Waals surface area contributed by atoms with Gasteiger partial charge in [0, 0.05) is 29.8 Å². The number of aryl methyl sites for hydroxylation is 1. The monoisotopic (exact) mass is 425 g/mol. The highest BCUT2D eigenvalue weighted by atomic mass is 16.6. The summed E-state index contributed by atoms with van der Waals surface area (Å²) in [5.41, 5.74) is 6.53. The molecule has 2 atom stereocenters. The maximum absolute atomic E-state index is 13.5. The third-order valence-corrected chi connectivity index (χ3v) is 6.27.